The minimum Gasteiger partial charge on any atom is -0.494 e. The summed E-state index contributed by atoms with van der Waals surface area (Å²) >= 11 is 0. The average Bonchev–Trinajstić information content (AvgIpc) is 3.57. The number of carbonyl (C=O) groups is 2. The molecule has 4 aromatic carbocycles. The van der Waals surface area contributed by atoms with E-state index in [1.54, 1.807) is 97.1 Å². The van der Waals surface area contributed by atoms with Crippen LogP contribution < -0.4 is 18.9 Å². The fourth-order valence-corrected chi connectivity index (χ4v) is 4.16. The molecule has 0 amide bonds. The fourth-order valence-electron chi connectivity index (χ4n) is 4.16. The van der Waals surface area contributed by atoms with Crippen LogP contribution in [0.5, 0.6) is 23.0 Å². The Kier molecular flexibility index (Phi) is 10.6. The highest BCUT2D eigenvalue weighted by Crippen LogP contribution is 2.27. The Balaban J connectivity index is 1.14. The molecule has 0 radical (unpaired) electrons. The van der Waals surface area contributed by atoms with Crippen LogP contribution in [0.3, 0.4) is 0 Å². The van der Waals surface area contributed by atoms with Crippen molar-refractivity contribution < 1.29 is 33.0 Å². The van der Waals surface area contributed by atoms with E-state index in [4.69, 9.17) is 23.4 Å². The van der Waals surface area contributed by atoms with E-state index in [9.17, 15) is 9.59 Å². The zero-order chi connectivity index (χ0) is 31.4. The van der Waals surface area contributed by atoms with Gasteiger partial charge in [0.25, 0.3) is 0 Å². The number of esters is 2. The molecule has 45 heavy (non-hydrogen) atoms. The van der Waals surface area contributed by atoms with Gasteiger partial charge >= 0.3 is 11.9 Å². The van der Waals surface area contributed by atoms with E-state index in [0.29, 0.717) is 70.2 Å². The molecule has 9 nitrogen and oxygen atoms in total. The molecule has 0 fully saturated rings. The second kappa shape index (κ2) is 15.3. The SMILES string of the molecule is CCCCOc1ccc(C(=O)Oc2ccc(-c3nnc(-c4ccc(OC(=O)c5ccc(OCCCC)cc5)cc4)o3)cc2)cc1. The summed E-state index contributed by atoms with van der Waals surface area (Å²) in [7, 11) is 0. The van der Waals surface area contributed by atoms with Crippen LogP contribution in [0, 0.1) is 0 Å². The zero-order valence-corrected chi connectivity index (χ0v) is 25.2. The van der Waals surface area contributed by atoms with Gasteiger partial charge in [-0.1, -0.05) is 26.7 Å². The third kappa shape index (κ3) is 8.57. The molecule has 0 spiro atoms. The predicted molar refractivity (Wildman–Crippen MR) is 169 cm³/mol. The highest BCUT2D eigenvalue weighted by molar-refractivity contribution is 5.91. The fraction of sp³-hybridized carbons (Fsp3) is 0.222. The Morgan fingerprint density at radius 3 is 1.24 bits per heavy atom. The van der Waals surface area contributed by atoms with E-state index in [2.05, 4.69) is 24.0 Å². The highest BCUT2D eigenvalue weighted by atomic mass is 16.5. The van der Waals surface area contributed by atoms with Gasteiger partial charge in [0.2, 0.25) is 11.8 Å². The van der Waals surface area contributed by atoms with Gasteiger partial charge in [-0.2, -0.15) is 0 Å². The van der Waals surface area contributed by atoms with Crippen molar-refractivity contribution in [2.75, 3.05) is 13.2 Å². The van der Waals surface area contributed by atoms with E-state index in [0.717, 1.165) is 25.7 Å². The number of hydrogen-bond acceptors (Lipinski definition) is 9. The second-order valence-corrected chi connectivity index (χ2v) is 10.2. The lowest BCUT2D eigenvalue weighted by Gasteiger charge is -2.07. The summed E-state index contributed by atoms with van der Waals surface area (Å²) in [6.45, 7) is 5.49. The quantitative estimate of drug-likeness (QED) is 0.0701. The maximum Gasteiger partial charge on any atom is 0.343 e. The van der Waals surface area contributed by atoms with Crippen molar-refractivity contribution in [1.82, 2.24) is 10.2 Å². The van der Waals surface area contributed by atoms with Gasteiger partial charge < -0.3 is 23.4 Å². The number of hydrogen-bond donors (Lipinski definition) is 0. The van der Waals surface area contributed by atoms with Crippen LogP contribution >= 0.6 is 0 Å². The largest absolute Gasteiger partial charge is 0.494 e. The van der Waals surface area contributed by atoms with Gasteiger partial charge in [0.1, 0.15) is 23.0 Å². The molecule has 9 heteroatoms. The van der Waals surface area contributed by atoms with Crippen molar-refractivity contribution in [3.05, 3.63) is 108 Å². The summed E-state index contributed by atoms with van der Waals surface area (Å²) in [5, 5.41) is 8.29. The number of aromatic nitrogens is 2. The van der Waals surface area contributed by atoms with Crippen molar-refractivity contribution in [2.45, 2.75) is 39.5 Å². The minimum atomic E-state index is -0.470. The number of benzene rings is 4. The first-order valence-corrected chi connectivity index (χ1v) is 15.0. The van der Waals surface area contributed by atoms with Crippen LogP contribution in [-0.2, 0) is 0 Å². The molecule has 0 aliphatic rings. The molecular formula is C36H34N2O7. The van der Waals surface area contributed by atoms with Crippen LogP contribution in [0.25, 0.3) is 22.9 Å². The number of carbonyl (C=O) groups excluding carboxylic acids is 2. The van der Waals surface area contributed by atoms with Crippen LogP contribution in [0.1, 0.15) is 60.2 Å². The smallest absolute Gasteiger partial charge is 0.343 e. The Morgan fingerprint density at radius 2 is 0.889 bits per heavy atom. The maximum absolute atomic E-state index is 12.6. The molecule has 0 unspecified atom stereocenters. The van der Waals surface area contributed by atoms with Gasteiger partial charge in [-0.05, 0) is 110 Å². The molecule has 0 aliphatic heterocycles. The molecule has 0 atom stereocenters. The normalized spacial score (nSPS) is 10.7. The minimum absolute atomic E-state index is 0.305. The zero-order valence-electron chi connectivity index (χ0n) is 25.2. The lowest BCUT2D eigenvalue weighted by molar-refractivity contribution is 0.0725. The van der Waals surface area contributed by atoms with Gasteiger partial charge in [-0.25, -0.2) is 9.59 Å². The standard InChI is InChI=1S/C36H34N2O7/c1-3-5-23-41-29-15-11-27(12-16-29)35(39)43-31-19-7-25(8-20-31)33-37-38-34(45-33)26-9-21-32(22-10-26)44-36(40)28-13-17-30(18-14-28)42-24-6-4-2/h7-22H,3-6,23-24H2,1-2H3. The van der Waals surface area contributed by atoms with E-state index in [1.165, 1.54) is 0 Å². The molecule has 0 N–H and O–H groups in total. The van der Waals surface area contributed by atoms with Gasteiger partial charge in [-0.15, -0.1) is 10.2 Å². The van der Waals surface area contributed by atoms with Crippen molar-refractivity contribution >= 4 is 11.9 Å². The third-order valence-electron chi connectivity index (χ3n) is 6.76. The topological polar surface area (TPSA) is 110 Å². The molecule has 230 valence electrons. The average molecular weight is 607 g/mol. The number of rotatable bonds is 14. The van der Waals surface area contributed by atoms with Gasteiger partial charge in [0.05, 0.1) is 24.3 Å². The molecule has 0 bridgehead atoms. The second-order valence-electron chi connectivity index (χ2n) is 10.2. The van der Waals surface area contributed by atoms with E-state index < -0.39 is 11.9 Å². The van der Waals surface area contributed by atoms with E-state index >= 15 is 0 Å². The van der Waals surface area contributed by atoms with E-state index in [1.807, 2.05) is 0 Å². The molecule has 0 saturated heterocycles. The van der Waals surface area contributed by atoms with Gasteiger partial charge in [0.15, 0.2) is 0 Å². The van der Waals surface area contributed by atoms with Crippen molar-refractivity contribution in [3.8, 4) is 45.9 Å². The Morgan fingerprint density at radius 1 is 0.533 bits per heavy atom. The van der Waals surface area contributed by atoms with Crippen molar-refractivity contribution in [3.63, 3.8) is 0 Å². The summed E-state index contributed by atoms with van der Waals surface area (Å²) in [6, 6.07) is 27.3. The first kappa shape index (κ1) is 31.0. The summed E-state index contributed by atoms with van der Waals surface area (Å²) < 4.78 is 28.2. The summed E-state index contributed by atoms with van der Waals surface area (Å²) in [5.74, 6) is 1.87. The first-order valence-electron chi connectivity index (χ1n) is 15.0. The molecule has 5 aromatic rings. The lowest BCUT2D eigenvalue weighted by atomic mass is 10.2. The Bertz CT molecular complexity index is 1550. The van der Waals surface area contributed by atoms with Crippen molar-refractivity contribution in [2.24, 2.45) is 0 Å². The molecule has 5 rings (SSSR count). The van der Waals surface area contributed by atoms with E-state index in [-0.39, 0.29) is 0 Å². The molecular weight excluding hydrogens is 572 g/mol. The van der Waals surface area contributed by atoms with Crippen molar-refractivity contribution in [1.29, 1.82) is 0 Å². The van der Waals surface area contributed by atoms with Gasteiger partial charge in [-0.3, -0.25) is 0 Å². The Hall–Kier alpha value is -5.44. The first-order chi connectivity index (χ1) is 22.0. The van der Waals surface area contributed by atoms with Gasteiger partial charge in [0, 0.05) is 11.1 Å². The Labute approximate surface area is 261 Å². The number of unbranched alkanes of at least 4 members (excludes halogenated alkanes) is 2. The van der Waals surface area contributed by atoms with Crippen LogP contribution in [-0.4, -0.2) is 35.3 Å². The molecule has 0 aliphatic carbocycles. The van der Waals surface area contributed by atoms with Crippen LogP contribution in [0.2, 0.25) is 0 Å². The molecule has 1 aromatic heterocycles. The molecule has 0 saturated carbocycles. The monoisotopic (exact) mass is 606 g/mol. The maximum atomic E-state index is 12.6. The predicted octanol–water partition coefficient (Wildman–Crippen LogP) is 8.20. The lowest BCUT2D eigenvalue weighted by Crippen LogP contribution is -2.08. The number of ether oxygens (including phenoxy) is 4. The summed E-state index contributed by atoms with van der Waals surface area (Å²) in [6.07, 6.45) is 4.06. The van der Waals surface area contributed by atoms with Crippen LogP contribution in [0.4, 0.5) is 0 Å². The molecule has 1 heterocycles. The summed E-state index contributed by atoms with van der Waals surface area (Å²) in [4.78, 5) is 25.1. The summed E-state index contributed by atoms with van der Waals surface area (Å²) in [5.41, 5.74) is 2.17. The number of nitrogens with zero attached hydrogens (tertiary/aromatic N) is 2. The third-order valence-corrected chi connectivity index (χ3v) is 6.76. The van der Waals surface area contributed by atoms with Crippen LogP contribution in [0.15, 0.2) is 101 Å². The highest BCUT2D eigenvalue weighted by Gasteiger charge is 2.14.